The zero-order valence-corrected chi connectivity index (χ0v) is 10.3. The molecule has 0 spiro atoms. The molecule has 92 valence electrons. The van der Waals surface area contributed by atoms with E-state index in [-0.39, 0.29) is 11.6 Å². The molecule has 1 fully saturated rings. The van der Waals surface area contributed by atoms with Gasteiger partial charge in [-0.3, -0.25) is 0 Å². The van der Waals surface area contributed by atoms with E-state index in [1.165, 1.54) is 30.0 Å². The Morgan fingerprint density at radius 3 is 2.82 bits per heavy atom. The zero-order valence-electron chi connectivity index (χ0n) is 9.46. The van der Waals surface area contributed by atoms with Crippen LogP contribution >= 0.6 is 11.3 Å². The maximum atomic E-state index is 11.9. The van der Waals surface area contributed by atoms with Crippen molar-refractivity contribution in [1.82, 2.24) is 0 Å². The van der Waals surface area contributed by atoms with Gasteiger partial charge in [0.2, 0.25) is 0 Å². The Morgan fingerprint density at radius 1 is 1.47 bits per heavy atom. The molecule has 1 aromatic heterocycles. The van der Waals surface area contributed by atoms with Gasteiger partial charge in [-0.05, 0) is 24.3 Å². The van der Waals surface area contributed by atoms with E-state index in [1.54, 1.807) is 5.38 Å². The minimum Gasteiger partial charge on any atom is -0.624 e. The van der Waals surface area contributed by atoms with Gasteiger partial charge in [0.25, 0.3) is 0 Å². The van der Waals surface area contributed by atoms with Crippen LogP contribution in [-0.4, -0.2) is 28.1 Å². The lowest BCUT2D eigenvalue weighted by Crippen LogP contribution is -2.25. The van der Waals surface area contributed by atoms with Crippen molar-refractivity contribution in [3.63, 3.8) is 0 Å². The van der Waals surface area contributed by atoms with Gasteiger partial charge in [-0.25, -0.2) is 9.53 Å². The van der Waals surface area contributed by atoms with Crippen molar-refractivity contribution in [3.05, 3.63) is 27.1 Å². The number of carboxylic acid groups (broad SMARTS) is 1. The first-order chi connectivity index (χ1) is 8.18. The molecular weight excluding hydrogens is 238 g/mol. The number of aromatic carboxylic acids is 1. The highest BCUT2D eigenvalue weighted by Crippen LogP contribution is 2.21. The Kier molecular flexibility index (Phi) is 3.78. The smallest absolute Gasteiger partial charge is 0.337 e. The van der Waals surface area contributed by atoms with E-state index in [9.17, 15) is 10.0 Å². The molecule has 0 atom stereocenters. The van der Waals surface area contributed by atoms with Crippen LogP contribution in [0.15, 0.2) is 11.4 Å². The molecule has 2 rings (SSSR count). The van der Waals surface area contributed by atoms with Gasteiger partial charge in [0.15, 0.2) is 12.3 Å². The first kappa shape index (κ1) is 12.1. The maximum absolute atomic E-state index is 11.9. The molecule has 0 aliphatic heterocycles. The predicted octanol–water partition coefficient (Wildman–Crippen LogP) is 2.71. The van der Waals surface area contributed by atoms with Crippen LogP contribution in [0.5, 0.6) is 0 Å². The summed E-state index contributed by atoms with van der Waals surface area (Å²) < 4.78 is 0.942. The fraction of sp³-hybridized carbons (Fsp3) is 0.500. The quantitative estimate of drug-likeness (QED) is 0.390. The first-order valence-electron chi connectivity index (χ1n) is 5.79. The van der Waals surface area contributed by atoms with E-state index in [0.717, 1.165) is 30.4 Å². The van der Waals surface area contributed by atoms with Crippen molar-refractivity contribution in [2.24, 2.45) is 0 Å². The van der Waals surface area contributed by atoms with E-state index in [4.69, 9.17) is 5.11 Å². The monoisotopic (exact) mass is 253 g/mol. The molecule has 1 aliphatic carbocycles. The number of thiophene rings is 1. The van der Waals surface area contributed by atoms with Gasteiger partial charge < -0.3 is 10.3 Å². The van der Waals surface area contributed by atoms with Gasteiger partial charge in [-0.15, -0.1) is 11.3 Å². The summed E-state index contributed by atoms with van der Waals surface area (Å²) >= 11 is 1.29. The van der Waals surface area contributed by atoms with Crippen molar-refractivity contribution >= 4 is 23.5 Å². The van der Waals surface area contributed by atoms with Gasteiger partial charge in [-0.2, -0.15) is 0 Å². The number of nitrogens with zero attached hydrogens (tertiary/aromatic N) is 1. The Hall–Kier alpha value is -1.36. The minimum atomic E-state index is -0.977. The summed E-state index contributed by atoms with van der Waals surface area (Å²) in [6, 6.07) is 1.56. The number of hydrogen-bond acceptors (Lipinski definition) is 3. The van der Waals surface area contributed by atoms with Gasteiger partial charge in [0.05, 0.1) is 5.56 Å². The molecule has 17 heavy (non-hydrogen) atoms. The van der Waals surface area contributed by atoms with Gasteiger partial charge >= 0.3 is 5.97 Å². The zero-order chi connectivity index (χ0) is 12.3. The molecule has 1 aliphatic rings. The largest absolute Gasteiger partial charge is 0.624 e. The third kappa shape index (κ3) is 2.85. The normalized spacial score (nSPS) is 18.2. The summed E-state index contributed by atoms with van der Waals surface area (Å²) in [5, 5.41) is 22.6. The van der Waals surface area contributed by atoms with Crippen molar-refractivity contribution < 1.29 is 14.6 Å². The van der Waals surface area contributed by atoms with Crippen molar-refractivity contribution in [2.75, 3.05) is 0 Å². The second-order valence-corrected chi connectivity index (χ2v) is 5.23. The molecule has 1 N–H and O–H groups in total. The molecule has 5 heteroatoms. The Labute approximate surface area is 104 Å². The Bertz CT molecular complexity index is 433. The van der Waals surface area contributed by atoms with Crippen LogP contribution in [0.4, 0.5) is 0 Å². The summed E-state index contributed by atoms with van der Waals surface area (Å²) in [7, 11) is 0. The standard InChI is InChI=1S/C12H15NO3S/c14-12(15)10-6-7-17-11(10)8-13(16)9-4-2-1-3-5-9/h6-9H,1-5H2,(H,14,15)/b13-8-. The van der Waals surface area contributed by atoms with Crippen LogP contribution in [0, 0.1) is 5.21 Å². The summed E-state index contributed by atoms with van der Waals surface area (Å²) in [4.78, 5) is 11.4. The molecule has 0 aromatic carbocycles. The van der Waals surface area contributed by atoms with E-state index in [1.807, 2.05) is 0 Å². The maximum Gasteiger partial charge on any atom is 0.337 e. The molecule has 1 heterocycles. The van der Waals surface area contributed by atoms with E-state index in [0.29, 0.717) is 4.88 Å². The molecule has 0 bridgehead atoms. The summed E-state index contributed by atoms with van der Waals surface area (Å²) in [5.74, 6) is -0.977. The highest BCUT2D eigenvalue weighted by atomic mass is 32.1. The third-order valence-electron chi connectivity index (χ3n) is 3.10. The highest BCUT2D eigenvalue weighted by Gasteiger charge is 2.21. The van der Waals surface area contributed by atoms with Gasteiger partial charge in [0, 0.05) is 12.8 Å². The summed E-state index contributed by atoms with van der Waals surface area (Å²) in [6.45, 7) is 0. The van der Waals surface area contributed by atoms with Crippen LogP contribution in [0.25, 0.3) is 0 Å². The van der Waals surface area contributed by atoms with Gasteiger partial charge in [0.1, 0.15) is 4.88 Å². The number of carbonyl (C=O) groups is 1. The van der Waals surface area contributed by atoms with Crippen molar-refractivity contribution in [1.29, 1.82) is 0 Å². The molecule has 1 saturated carbocycles. The average Bonchev–Trinajstić information content (AvgIpc) is 2.78. The predicted molar refractivity (Wildman–Crippen MR) is 66.9 cm³/mol. The molecular formula is C12H15NO3S. The Morgan fingerprint density at radius 2 is 2.18 bits per heavy atom. The molecule has 0 unspecified atom stereocenters. The lowest BCUT2D eigenvalue weighted by molar-refractivity contribution is -0.500. The number of hydrogen-bond donors (Lipinski definition) is 1. The third-order valence-corrected chi connectivity index (χ3v) is 3.96. The molecule has 4 nitrogen and oxygen atoms in total. The second-order valence-electron chi connectivity index (χ2n) is 4.28. The number of rotatable bonds is 3. The summed E-state index contributed by atoms with van der Waals surface area (Å²) in [6.07, 6.45) is 6.64. The first-order valence-corrected chi connectivity index (χ1v) is 6.67. The minimum absolute atomic E-state index is 0.0208. The summed E-state index contributed by atoms with van der Waals surface area (Å²) in [5.41, 5.74) is 0.214. The lowest BCUT2D eigenvalue weighted by atomic mass is 9.96. The highest BCUT2D eigenvalue weighted by molar-refractivity contribution is 7.12. The van der Waals surface area contributed by atoms with Crippen LogP contribution in [0.3, 0.4) is 0 Å². The number of carboxylic acids is 1. The fourth-order valence-corrected chi connectivity index (χ4v) is 2.95. The van der Waals surface area contributed by atoms with Crippen LogP contribution in [-0.2, 0) is 0 Å². The lowest BCUT2D eigenvalue weighted by Gasteiger charge is -2.20. The molecule has 0 amide bonds. The SMILES string of the molecule is O=C(O)c1ccsc1/C=[N+](\[O-])C1CCCCC1. The van der Waals surface area contributed by atoms with Crippen LogP contribution in [0.1, 0.15) is 47.3 Å². The molecule has 0 saturated heterocycles. The van der Waals surface area contributed by atoms with Crippen LogP contribution < -0.4 is 0 Å². The van der Waals surface area contributed by atoms with Crippen molar-refractivity contribution in [3.8, 4) is 0 Å². The van der Waals surface area contributed by atoms with E-state index < -0.39 is 5.97 Å². The van der Waals surface area contributed by atoms with Crippen molar-refractivity contribution in [2.45, 2.75) is 38.1 Å². The topological polar surface area (TPSA) is 63.4 Å². The molecule has 0 radical (unpaired) electrons. The Balaban J connectivity index is 2.16. The average molecular weight is 253 g/mol. The van der Waals surface area contributed by atoms with E-state index in [2.05, 4.69) is 0 Å². The fourth-order valence-electron chi connectivity index (χ4n) is 2.15. The van der Waals surface area contributed by atoms with Crippen LogP contribution in [0.2, 0.25) is 0 Å². The second kappa shape index (κ2) is 5.31. The number of hydroxylamine groups is 1. The van der Waals surface area contributed by atoms with Gasteiger partial charge in [-0.1, -0.05) is 6.42 Å². The molecule has 1 aromatic rings. The van der Waals surface area contributed by atoms with E-state index >= 15 is 0 Å².